The summed E-state index contributed by atoms with van der Waals surface area (Å²) >= 11 is 15.7. The maximum atomic E-state index is 13.7. The highest BCUT2D eigenvalue weighted by Crippen LogP contribution is 2.30. The molecule has 0 aromatic heterocycles. The van der Waals surface area contributed by atoms with Crippen molar-refractivity contribution >= 4 is 39.1 Å². The Morgan fingerprint density at radius 2 is 1.89 bits per heavy atom. The molecule has 2 rings (SSSR count). The van der Waals surface area contributed by atoms with Crippen LogP contribution in [-0.4, -0.2) is 0 Å². The molecule has 0 saturated carbocycles. The van der Waals surface area contributed by atoms with E-state index in [2.05, 4.69) is 15.9 Å². The third-order valence-electron chi connectivity index (χ3n) is 2.66. The second-order valence-corrected chi connectivity index (χ2v) is 5.78. The lowest BCUT2D eigenvalue weighted by Gasteiger charge is -2.12. The van der Waals surface area contributed by atoms with Crippen LogP contribution in [-0.2, 0) is 6.42 Å². The first-order valence-electron chi connectivity index (χ1n) is 5.40. The topological polar surface area (TPSA) is 0 Å². The van der Waals surface area contributed by atoms with Gasteiger partial charge in [-0.3, -0.25) is 0 Å². The highest BCUT2D eigenvalue weighted by atomic mass is 79.9. The van der Waals surface area contributed by atoms with Crippen LogP contribution in [0.5, 0.6) is 0 Å². The number of benzene rings is 2. The third-order valence-corrected chi connectivity index (χ3v) is 3.91. The lowest BCUT2D eigenvalue weighted by Crippen LogP contribution is -1.99. The van der Waals surface area contributed by atoms with Gasteiger partial charge >= 0.3 is 0 Å². The molecule has 0 N–H and O–H groups in total. The van der Waals surface area contributed by atoms with Crippen LogP contribution in [0, 0.1) is 5.82 Å². The van der Waals surface area contributed by atoms with Gasteiger partial charge in [-0.2, -0.15) is 0 Å². The second kappa shape index (κ2) is 6.05. The van der Waals surface area contributed by atoms with E-state index in [1.54, 1.807) is 12.1 Å². The first kappa shape index (κ1) is 13.9. The Kier molecular flexibility index (Phi) is 4.66. The van der Waals surface area contributed by atoms with Crippen LogP contribution < -0.4 is 0 Å². The van der Waals surface area contributed by atoms with Gasteiger partial charge in [-0.1, -0.05) is 45.7 Å². The summed E-state index contributed by atoms with van der Waals surface area (Å²) < 4.78 is 14.6. The van der Waals surface area contributed by atoms with E-state index < -0.39 is 0 Å². The molecule has 4 heteroatoms. The fraction of sp³-hybridized carbons (Fsp3) is 0.143. The van der Waals surface area contributed by atoms with Crippen molar-refractivity contribution in [2.75, 3.05) is 0 Å². The van der Waals surface area contributed by atoms with Crippen molar-refractivity contribution in [3.63, 3.8) is 0 Å². The molecule has 0 aliphatic rings. The maximum Gasteiger partial charge on any atom is 0.127 e. The number of hydrogen-bond donors (Lipinski definition) is 0. The summed E-state index contributed by atoms with van der Waals surface area (Å²) in [5.41, 5.74) is 1.39. The maximum absolute atomic E-state index is 13.7. The summed E-state index contributed by atoms with van der Waals surface area (Å²) in [6.07, 6.45) is 0.365. The molecule has 0 aliphatic carbocycles. The van der Waals surface area contributed by atoms with E-state index >= 15 is 0 Å². The lowest BCUT2D eigenvalue weighted by molar-refractivity contribution is 0.607. The van der Waals surface area contributed by atoms with Gasteiger partial charge in [0.1, 0.15) is 5.82 Å². The standard InChI is InChI=1S/C14H10BrCl2F/c15-10-4-1-3-9(7-10)13(17)8-11-12(16)5-2-6-14(11)18/h1-7,13H,8H2. The summed E-state index contributed by atoms with van der Waals surface area (Å²) in [7, 11) is 0. The smallest absolute Gasteiger partial charge is 0.127 e. The first-order valence-corrected chi connectivity index (χ1v) is 7.01. The molecule has 2 aromatic carbocycles. The molecule has 0 spiro atoms. The van der Waals surface area contributed by atoms with E-state index in [1.165, 1.54) is 6.07 Å². The molecule has 0 fully saturated rings. The van der Waals surface area contributed by atoms with Gasteiger partial charge in [0, 0.05) is 15.1 Å². The molecule has 0 nitrogen and oxygen atoms in total. The van der Waals surface area contributed by atoms with Gasteiger partial charge in [0.2, 0.25) is 0 Å². The summed E-state index contributed by atoms with van der Waals surface area (Å²) in [6.45, 7) is 0. The average Bonchev–Trinajstić information content (AvgIpc) is 2.34. The predicted octanol–water partition coefficient (Wildman–Crippen LogP) is 5.76. The zero-order valence-corrected chi connectivity index (χ0v) is 12.4. The molecule has 0 aliphatic heterocycles. The number of hydrogen-bond acceptors (Lipinski definition) is 0. The highest BCUT2D eigenvalue weighted by molar-refractivity contribution is 9.10. The molecule has 94 valence electrons. The van der Waals surface area contributed by atoms with E-state index in [-0.39, 0.29) is 11.2 Å². The monoisotopic (exact) mass is 346 g/mol. The Balaban J connectivity index is 2.24. The summed E-state index contributed by atoms with van der Waals surface area (Å²) in [5, 5.41) is 0.104. The molecule has 18 heavy (non-hydrogen) atoms. The van der Waals surface area contributed by atoms with Crippen LogP contribution in [0.15, 0.2) is 46.9 Å². The number of rotatable bonds is 3. The fourth-order valence-electron chi connectivity index (χ4n) is 1.73. The highest BCUT2D eigenvalue weighted by Gasteiger charge is 2.14. The minimum absolute atomic E-state index is 0.308. The Morgan fingerprint density at radius 1 is 1.17 bits per heavy atom. The zero-order valence-electron chi connectivity index (χ0n) is 9.34. The molecule has 1 atom stereocenters. The Hall–Kier alpha value is -0.570. The van der Waals surface area contributed by atoms with Gasteiger partial charge in [-0.25, -0.2) is 4.39 Å². The van der Waals surface area contributed by atoms with Gasteiger partial charge in [0.15, 0.2) is 0 Å². The SMILES string of the molecule is Fc1cccc(Cl)c1CC(Cl)c1cccc(Br)c1. The van der Waals surface area contributed by atoms with E-state index in [0.29, 0.717) is 17.0 Å². The van der Waals surface area contributed by atoms with E-state index in [0.717, 1.165) is 10.0 Å². The van der Waals surface area contributed by atoms with Crippen molar-refractivity contribution in [1.29, 1.82) is 0 Å². The van der Waals surface area contributed by atoms with Crippen molar-refractivity contribution in [2.24, 2.45) is 0 Å². The quantitative estimate of drug-likeness (QED) is 0.619. The van der Waals surface area contributed by atoms with Crippen LogP contribution >= 0.6 is 39.1 Å². The van der Waals surface area contributed by atoms with Crippen LogP contribution in [0.25, 0.3) is 0 Å². The van der Waals surface area contributed by atoms with Gasteiger partial charge < -0.3 is 0 Å². The van der Waals surface area contributed by atoms with Gasteiger partial charge in [0.05, 0.1) is 5.38 Å². The van der Waals surface area contributed by atoms with Crippen molar-refractivity contribution < 1.29 is 4.39 Å². The molecule has 0 heterocycles. The lowest BCUT2D eigenvalue weighted by atomic mass is 10.0. The van der Waals surface area contributed by atoms with Crippen LogP contribution in [0.2, 0.25) is 5.02 Å². The Labute approximate surface area is 124 Å². The predicted molar refractivity (Wildman–Crippen MR) is 77.9 cm³/mol. The van der Waals surface area contributed by atoms with Crippen molar-refractivity contribution in [2.45, 2.75) is 11.8 Å². The largest absolute Gasteiger partial charge is 0.207 e. The van der Waals surface area contributed by atoms with Crippen molar-refractivity contribution in [3.05, 3.63) is 68.9 Å². The molecule has 0 saturated heterocycles. The van der Waals surface area contributed by atoms with E-state index in [1.807, 2.05) is 24.3 Å². The van der Waals surface area contributed by atoms with Crippen molar-refractivity contribution in [3.8, 4) is 0 Å². The second-order valence-electron chi connectivity index (χ2n) is 3.93. The molecule has 0 bridgehead atoms. The van der Waals surface area contributed by atoms with Crippen LogP contribution in [0.4, 0.5) is 4.39 Å². The molecule has 0 radical (unpaired) electrons. The van der Waals surface area contributed by atoms with Crippen LogP contribution in [0.3, 0.4) is 0 Å². The van der Waals surface area contributed by atoms with Gasteiger partial charge in [-0.05, 0) is 36.2 Å². The van der Waals surface area contributed by atoms with E-state index in [4.69, 9.17) is 23.2 Å². The number of halogens is 4. The number of alkyl halides is 1. The zero-order chi connectivity index (χ0) is 13.1. The first-order chi connectivity index (χ1) is 8.58. The molecule has 0 amide bonds. The summed E-state index contributed by atoms with van der Waals surface area (Å²) in [4.78, 5) is 0. The Bertz CT molecular complexity index is 537. The van der Waals surface area contributed by atoms with Crippen LogP contribution in [0.1, 0.15) is 16.5 Å². The van der Waals surface area contributed by atoms with Gasteiger partial charge in [0.25, 0.3) is 0 Å². The molecule has 1 unspecified atom stereocenters. The summed E-state index contributed by atoms with van der Waals surface area (Å²) in [5.74, 6) is -0.317. The normalized spacial score (nSPS) is 12.4. The minimum atomic E-state index is -0.317. The average molecular weight is 348 g/mol. The van der Waals surface area contributed by atoms with E-state index in [9.17, 15) is 4.39 Å². The van der Waals surface area contributed by atoms with Gasteiger partial charge in [-0.15, -0.1) is 11.6 Å². The molecular weight excluding hydrogens is 338 g/mol. The fourth-order valence-corrected chi connectivity index (χ4v) is 2.67. The molecular formula is C14H10BrCl2F. The third kappa shape index (κ3) is 3.25. The minimum Gasteiger partial charge on any atom is -0.207 e. The van der Waals surface area contributed by atoms with Crippen molar-refractivity contribution in [1.82, 2.24) is 0 Å². The summed E-state index contributed by atoms with van der Waals surface area (Å²) in [6, 6.07) is 12.3. The molecule has 2 aromatic rings. The Morgan fingerprint density at radius 3 is 2.56 bits per heavy atom.